The molecule has 1 aromatic carbocycles. The van der Waals surface area contributed by atoms with Crippen LogP contribution in [0.2, 0.25) is 0 Å². The molecule has 7 nitrogen and oxygen atoms in total. The summed E-state index contributed by atoms with van der Waals surface area (Å²) in [6.07, 6.45) is 8.70. The maximum atomic E-state index is 14.4. The van der Waals surface area contributed by atoms with Crippen molar-refractivity contribution in [1.82, 2.24) is 9.80 Å². The van der Waals surface area contributed by atoms with Crippen LogP contribution in [-0.2, 0) is 14.9 Å². The van der Waals surface area contributed by atoms with E-state index in [2.05, 4.69) is 4.90 Å². The van der Waals surface area contributed by atoms with Crippen LogP contribution in [0.25, 0.3) is 0 Å². The molecule has 3 heterocycles. The van der Waals surface area contributed by atoms with Gasteiger partial charge in [-0.3, -0.25) is 4.90 Å². The Labute approximate surface area is 212 Å². The molecule has 5 aliphatic rings. The Balaban J connectivity index is 1.14. The van der Waals surface area contributed by atoms with Crippen molar-refractivity contribution in [2.45, 2.75) is 88.3 Å². The number of carbonyl (C=O) groups excluding carboxylic acids is 2. The van der Waals surface area contributed by atoms with Crippen LogP contribution in [0, 0.1) is 11.7 Å². The minimum Gasteiger partial charge on any atom is -0.450 e. The maximum absolute atomic E-state index is 14.4. The Morgan fingerprint density at radius 3 is 2.58 bits per heavy atom. The first-order valence-electron chi connectivity index (χ1n) is 13.9. The van der Waals surface area contributed by atoms with Crippen molar-refractivity contribution in [2.24, 2.45) is 5.92 Å². The van der Waals surface area contributed by atoms with Gasteiger partial charge in [0.2, 0.25) is 0 Å². The molecular formula is C28H38FN3O4. The molecule has 3 atom stereocenters. The third-order valence-corrected chi connectivity index (χ3v) is 9.60. The van der Waals surface area contributed by atoms with Gasteiger partial charge >= 0.3 is 12.2 Å². The van der Waals surface area contributed by atoms with Crippen molar-refractivity contribution in [2.75, 3.05) is 37.7 Å². The Kier molecular flexibility index (Phi) is 6.34. The number of likely N-dealkylation sites (tertiary alicyclic amines) is 2. The molecule has 0 aromatic heterocycles. The highest BCUT2D eigenvalue weighted by Gasteiger charge is 2.50. The van der Waals surface area contributed by atoms with Gasteiger partial charge in [0.15, 0.2) is 0 Å². The van der Waals surface area contributed by atoms with Crippen molar-refractivity contribution < 1.29 is 23.5 Å². The summed E-state index contributed by atoms with van der Waals surface area (Å²) >= 11 is 0. The van der Waals surface area contributed by atoms with E-state index in [-0.39, 0.29) is 35.6 Å². The van der Waals surface area contributed by atoms with Gasteiger partial charge in [-0.2, -0.15) is 0 Å². The third kappa shape index (κ3) is 4.15. The highest BCUT2D eigenvalue weighted by molar-refractivity contribution is 5.91. The number of halogens is 1. The second-order valence-electron chi connectivity index (χ2n) is 11.5. The number of amides is 2. The minimum atomic E-state index is -0.286. The van der Waals surface area contributed by atoms with Crippen LogP contribution in [0.4, 0.5) is 19.7 Å². The van der Waals surface area contributed by atoms with Gasteiger partial charge < -0.3 is 19.3 Å². The largest absolute Gasteiger partial charge is 0.450 e. The van der Waals surface area contributed by atoms with E-state index >= 15 is 0 Å². The average Bonchev–Trinajstić information content (AvgIpc) is 3.42. The molecule has 2 saturated carbocycles. The minimum absolute atomic E-state index is 0.0277. The summed E-state index contributed by atoms with van der Waals surface area (Å²) < 4.78 is 25.4. The lowest BCUT2D eigenvalue weighted by atomic mass is 9.74. The van der Waals surface area contributed by atoms with Gasteiger partial charge in [0, 0.05) is 30.6 Å². The fraction of sp³-hybridized carbons (Fsp3) is 0.714. The lowest BCUT2D eigenvalue weighted by molar-refractivity contribution is 0.0558. The fourth-order valence-corrected chi connectivity index (χ4v) is 7.43. The molecule has 0 bridgehead atoms. The van der Waals surface area contributed by atoms with Crippen LogP contribution in [0.15, 0.2) is 18.2 Å². The molecular weight excluding hydrogens is 461 g/mol. The highest BCUT2D eigenvalue weighted by Crippen LogP contribution is 2.49. The average molecular weight is 500 g/mol. The number of fused-ring (bicyclic) bond motifs is 3. The lowest BCUT2D eigenvalue weighted by Gasteiger charge is -2.42. The number of nitrogens with zero attached hydrogens (tertiary/aromatic N) is 3. The summed E-state index contributed by atoms with van der Waals surface area (Å²) in [7, 11) is 0. The quantitative estimate of drug-likeness (QED) is 0.581. The molecule has 0 radical (unpaired) electrons. The molecule has 4 fully saturated rings. The van der Waals surface area contributed by atoms with E-state index in [4.69, 9.17) is 9.47 Å². The van der Waals surface area contributed by atoms with E-state index in [1.807, 2.05) is 11.8 Å². The molecule has 2 saturated heterocycles. The van der Waals surface area contributed by atoms with Crippen LogP contribution in [0.5, 0.6) is 0 Å². The summed E-state index contributed by atoms with van der Waals surface area (Å²) in [5, 5.41) is 0. The molecule has 196 valence electrons. The number of rotatable bonds is 3. The van der Waals surface area contributed by atoms with Gasteiger partial charge in [-0.05, 0) is 107 Å². The highest BCUT2D eigenvalue weighted by atomic mass is 19.1. The summed E-state index contributed by atoms with van der Waals surface area (Å²) in [6, 6.07) is 5.58. The SMILES string of the molecule is CCOC(=O)N1CCCC2CC(N3CCC4(CC3)CN(C(=O)OC3CCC3)c3ccc(F)cc34)CC21. The Bertz CT molecular complexity index is 1010. The Morgan fingerprint density at radius 2 is 1.86 bits per heavy atom. The van der Waals surface area contributed by atoms with Gasteiger partial charge in [-0.1, -0.05) is 0 Å². The zero-order valence-corrected chi connectivity index (χ0v) is 21.3. The van der Waals surface area contributed by atoms with Crippen molar-refractivity contribution in [3.8, 4) is 0 Å². The van der Waals surface area contributed by atoms with E-state index in [1.165, 1.54) is 12.5 Å². The van der Waals surface area contributed by atoms with Gasteiger partial charge in [-0.25, -0.2) is 14.0 Å². The molecule has 8 heteroatoms. The molecule has 1 spiro atoms. The van der Waals surface area contributed by atoms with Crippen LogP contribution in [0.1, 0.15) is 70.3 Å². The second kappa shape index (κ2) is 9.51. The van der Waals surface area contributed by atoms with Crippen molar-refractivity contribution in [1.29, 1.82) is 0 Å². The number of benzene rings is 1. The predicted molar refractivity (Wildman–Crippen MR) is 134 cm³/mol. The molecule has 2 aliphatic carbocycles. The molecule has 0 N–H and O–H groups in total. The molecule has 36 heavy (non-hydrogen) atoms. The zero-order chi connectivity index (χ0) is 24.9. The molecule has 3 aliphatic heterocycles. The smallest absolute Gasteiger partial charge is 0.414 e. The number of carbonyl (C=O) groups is 2. The van der Waals surface area contributed by atoms with Gasteiger partial charge in [0.1, 0.15) is 11.9 Å². The molecule has 6 rings (SSSR count). The van der Waals surface area contributed by atoms with Crippen molar-refractivity contribution >= 4 is 17.9 Å². The van der Waals surface area contributed by atoms with Crippen LogP contribution >= 0.6 is 0 Å². The van der Waals surface area contributed by atoms with Crippen molar-refractivity contribution in [3.05, 3.63) is 29.6 Å². The summed E-state index contributed by atoms with van der Waals surface area (Å²) in [5.41, 5.74) is 1.54. The summed E-state index contributed by atoms with van der Waals surface area (Å²) in [6.45, 7) is 5.48. The standard InChI is InChI=1S/C28H38FN3O4/c1-2-35-26(33)31-12-4-5-19-15-21(17-25(19)31)30-13-10-28(11-14-30)18-32(27(34)36-22-6-3-7-22)24-9-8-20(29)16-23(24)28/h8-9,16,19,21-22,25H,2-7,10-15,17-18H2,1H3. The first kappa shape index (κ1) is 24.0. The van der Waals surface area contributed by atoms with Gasteiger partial charge in [-0.15, -0.1) is 0 Å². The fourth-order valence-electron chi connectivity index (χ4n) is 7.43. The maximum Gasteiger partial charge on any atom is 0.414 e. The first-order chi connectivity index (χ1) is 17.5. The van der Waals surface area contributed by atoms with E-state index in [0.29, 0.717) is 25.1 Å². The van der Waals surface area contributed by atoms with Crippen LogP contribution in [-0.4, -0.2) is 73.0 Å². The molecule has 3 unspecified atom stereocenters. The molecule has 2 amide bonds. The number of anilines is 1. The Morgan fingerprint density at radius 1 is 1.06 bits per heavy atom. The number of hydrogen-bond donors (Lipinski definition) is 0. The summed E-state index contributed by atoms with van der Waals surface area (Å²) in [4.78, 5) is 31.9. The predicted octanol–water partition coefficient (Wildman–Crippen LogP) is 5.07. The van der Waals surface area contributed by atoms with E-state index in [9.17, 15) is 14.0 Å². The van der Waals surface area contributed by atoms with Crippen LogP contribution in [0.3, 0.4) is 0 Å². The first-order valence-corrected chi connectivity index (χ1v) is 13.9. The van der Waals surface area contributed by atoms with E-state index < -0.39 is 0 Å². The normalized spacial score (nSPS) is 29.6. The number of hydrogen-bond acceptors (Lipinski definition) is 5. The topological polar surface area (TPSA) is 62.3 Å². The van der Waals surface area contributed by atoms with Crippen molar-refractivity contribution in [3.63, 3.8) is 0 Å². The molecule has 1 aromatic rings. The second-order valence-corrected chi connectivity index (χ2v) is 11.5. The van der Waals surface area contributed by atoms with E-state index in [0.717, 1.165) is 82.3 Å². The monoisotopic (exact) mass is 499 g/mol. The van der Waals surface area contributed by atoms with Gasteiger partial charge in [0.05, 0.1) is 12.3 Å². The van der Waals surface area contributed by atoms with Gasteiger partial charge in [0.25, 0.3) is 0 Å². The Hall–Kier alpha value is -2.35. The number of piperidine rings is 2. The van der Waals surface area contributed by atoms with Crippen LogP contribution < -0.4 is 4.90 Å². The third-order valence-electron chi connectivity index (χ3n) is 9.60. The lowest BCUT2D eigenvalue weighted by Crippen LogP contribution is -2.49. The number of ether oxygens (including phenoxy) is 2. The van der Waals surface area contributed by atoms with E-state index in [1.54, 1.807) is 17.0 Å². The summed E-state index contributed by atoms with van der Waals surface area (Å²) in [5.74, 6) is 0.297. The zero-order valence-electron chi connectivity index (χ0n) is 21.3.